The largest absolute Gasteiger partial charge is 0.478 e. The van der Waals surface area contributed by atoms with E-state index in [2.05, 4.69) is 15.9 Å². The summed E-state index contributed by atoms with van der Waals surface area (Å²) in [6.07, 6.45) is 0. The number of hydrogen-bond donors (Lipinski definition) is 1. The van der Waals surface area contributed by atoms with E-state index in [0.717, 1.165) is 0 Å². The fourth-order valence-corrected chi connectivity index (χ4v) is 2.13. The third-order valence-electron chi connectivity index (χ3n) is 2.85. The molecule has 0 fully saturated rings. The first kappa shape index (κ1) is 15.0. The highest BCUT2D eigenvalue weighted by atomic mass is 79.9. The van der Waals surface area contributed by atoms with Gasteiger partial charge in [-0.2, -0.15) is 0 Å². The molecule has 0 heterocycles. The van der Waals surface area contributed by atoms with Gasteiger partial charge in [-0.15, -0.1) is 0 Å². The van der Waals surface area contributed by atoms with Crippen molar-refractivity contribution in [3.8, 4) is 11.5 Å². The fourth-order valence-electron chi connectivity index (χ4n) is 1.79. The van der Waals surface area contributed by atoms with E-state index in [1.54, 1.807) is 19.1 Å². The number of hydrogen-bond acceptors (Lipinski definition) is 4. The highest BCUT2D eigenvalue weighted by Gasteiger charge is 2.17. The van der Waals surface area contributed by atoms with Crippen molar-refractivity contribution >= 4 is 27.6 Å². The third-order valence-corrected chi connectivity index (χ3v) is 3.34. The van der Waals surface area contributed by atoms with Crippen LogP contribution in [0.2, 0.25) is 0 Å². The van der Waals surface area contributed by atoms with Crippen LogP contribution in [0.4, 0.5) is 5.69 Å². The van der Waals surface area contributed by atoms with Crippen LogP contribution in [0.25, 0.3) is 0 Å². The van der Waals surface area contributed by atoms with E-state index in [1.807, 2.05) is 0 Å². The number of carboxylic acid groups (broad SMARTS) is 1. The first-order valence-corrected chi connectivity index (χ1v) is 6.64. The summed E-state index contributed by atoms with van der Waals surface area (Å²) in [6, 6.07) is 8.88. The average Bonchev–Trinajstić information content (AvgIpc) is 2.40. The van der Waals surface area contributed by atoms with E-state index in [-0.39, 0.29) is 22.7 Å². The van der Waals surface area contributed by atoms with Crippen LogP contribution >= 0.6 is 15.9 Å². The summed E-state index contributed by atoms with van der Waals surface area (Å²) in [5.74, 6) is -0.786. The Balaban J connectivity index is 2.48. The molecule has 0 bridgehead atoms. The monoisotopic (exact) mass is 351 g/mol. The van der Waals surface area contributed by atoms with Crippen LogP contribution in [0.3, 0.4) is 0 Å². The average molecular weight is 352 g/mol. The number of nitro groups is 1. The van der Waals surface area contributed by atoms with E-state index in [0.29, 0.717) is 10.0 Å². The highest BCUT2D eigenvalue weighted by molar-refractivity contribution is 9.10. The van der Waals surface area contributed by atoms with E-state index in [1.165, 1.54) is 24.3 Å². The summed E-state index contributed by atoms with van der Waals surface area (Å²) in [5.41, 5.74) is 0.224. The second kappa shape index (κ2) is 5.92. The molecule has 0 aliphatic rings. The molecule has 2 aromatic rings. The first-order chi connectivity index (χ1) is 9.90. The molecule has 6 nitrogen and oxygen atoms in total. The zero-order valence-corrected chi connectivity index (χ0v) is 12.5. The summed E-state index contributed by atoms with van der Waals surface area (Å²) in [6.45, 7) is 1.55. The molecule has 0 radical (unpaired) electrons. The molecule has 0 amide bonds. The normalized spacial score (nSPS) is 10.2. The molecule has 108 valence electrons. The summed E-state index contributed by atoms with van der Waals surface area (Å²) in [7, 11) is 0. The quantitative estimate of drug-likeness (QED) is 0.659. The third kappa shape index (κ3) is 3.19. The van der Waals surface area contributed by atoms with Crippen molar-refractivity contribution in [3.63, 3.8) is 0 Å². The smallest absolute Gasteiger partial charge is 0.339 e. The Morgan fingerprint density at radius 3 is 2.62 bits per heavy atom. The molecule has 2 aromatic carbocycles. The lowest BCUT2D eigenvalue weighted by molar-refractivity contribution is -0.385. The molecule has 0 spiro atoms. The van der Waals surface area contributed by atoms with E-state index < -0.39 is 10.9 Å². The molecule has 1 N–H and O–H groups in total. The standard InChI is InChI=1S/C14H10BrNO5/c1-8-11(16(19)20)3-2-4-12(8)21-13-7-9(15)5-6-10(13)14(17)18/h2-7H,1H3,(H,17,18). The highest BCUT2D eigenvalue weighted by Crippen LogP contribution is 2.33. The molecule has 21 heavy (non-hydrogen) atoms. The lowest BCUT2D eigenvalue weighted by atomic mass is 10.1. The van der Waals surface area contributed by atoms with Gasteiger partial charge in [0, 0.05) is 10.5 Å². The molecule has 0 saturated carbocycles. The van der Waals surface area contributed by atoms with E-state index in [9.17, 15) is 14.9 Å². The van der Waals surface area contributed by atoms with Gasteiger partial charge >= 0.3 is 5.97 Å². The molecule has 0 aliphatic carbocycles. The molecule has 7 heteroatoms. The van der Waals surface area contributed by atoms with Crippen molar-refractivity contribution in [1.82, 2.24) is 0 Å². The molecule has 0 atom stereocenters. The number of nitrogens with zero attached hydrogens (tertiary/aromatic N) is 1. The van der Waals surface area contributed by atoms with Crippen molar-refractivity contribution in [2.24, 2.45) is 0 Å². The maximum absolute atomic E-state index is 11.2. The number of benzene rings is 2. The first-order valence-electron chi connectivity index (χ1n) is 5.85. The number of nitro benzene ring substituents is 1. The predicted octanol–water partition coefficient (Wildman–Crippen LogP) is 4.16. The number of rotatable bonds is 4. The Kier molecular flexibility index (Phi) is 4.23. The zero-order chi connectivity index (χ0) is 15.6. The van der Waals surface area contributed by atoms with Gasteiger partial charge in [-0.3, -0.25) is 10.1 Å². The molecular formula is C14H10BrNO5. The number of carbonyl (C=O) groups is 1. The van der Waals surface area contributed by atoms with Crippen molar-refractivity contribution in [1.29, 1.82) is 0 Å². The Morgan fingerprint density at radius 1 is 1.29 bits per heavy atom. The minimum atomic E-state index is -1.14. The summed E-state index contributed by atoms with van der Waals surface area (Å²) < 4.78 is 6.20. The van der Waals surface area contributed by atoms with E-state index in [4.69, 9.17) is 9.84 Å². The van der Waals surface area contributed by atoms with E-state index >= 15 is 0 Å². The van der Waals surface area contributed by atoms with Crippen LogP contribution in [-0.4, -0.2) is 16.0 Å². The SMILES string of the molecule is Cc1c(Oc2cc(Br)ccc2C(=O)O)cccc1[N+](=O)[O-]. The second-order valence-corrected chi connectivity index (χ2v) is 5.12. The minimum Gasteiger partial charge on any atom is -0.478 e. The number of halogens is 1. The van der Waals surface area contributed by atoms with Gasteiger partial charge in [-0.1, -0.05) is 22.0 Å². The number of ether oxygens (including phenoxy) is 1. The van der Waals surface area contributed by atoms with Crippen LogP contribution < -0.4 is 4.74 Å². The van der Waals surface area contributed by atoms with Crippen LogP contribution in [0.15, 0.2) is 40.9 Å². The summed E-state index contributed by atoms with van der Waals surface area (Å²) in [5, 5.41) is 20.0. The molecular weight excluding hydrogens is 342 g/mol. The molecule has 0 saturated heterocycles. The predicted molar refractivity (Wildman–Crippen MR) is 79.0 cm³/mol. The minimum absolute atomic E-state index is 0.0240. The fraction of sp³-hybridized carbons (Fsp3) is 0.0714. The van der Waals surface area contributed by atoms with Gasteiger partial charge in [0.05, 0.1) is 10.5 Å². The van der Waals surface area contributed by atoms with Crippen molar-refractivity contribution < 1.29 is 19.6 Å². The van der Waals surface area contributed by atoms with Crippen LogP contribution in [0.1, 0.15) is 15.9 Å². The lowest BCUT2D eigenvalue weighted by Gasteiger charge is -2.11. The molecule has 0 unspecified atom stereocenters. The molecule has 0 aliphatic heterocycles. The van der Waals surface area contributed by atoms with Gasteiger partial charge in [-0.05, 0) is 31.2 Å². The molecule has 0 aromatic heterocycles. The number of aromatic carboxylic acids is 1. The Bertz CT molecular complexity index is 729. The van der Waals surface area contributed by atoms with Crippen molar-refractivity contribution in [2.75, 3.05) is 0 Å². The van der Waals surface area contributed by atoms with Gasteiger partial charge in [0.2, 0.25) is 0 Å². The van der Waals surface area contributed by atoms with Gasteiger partial charge in [-0.25, -0.2) is 4.79 Å². The van der Waals surface area contributed by atoms with Gasteiger partial charge in [0.1, 0.15) is 17.1 Å². The van der Waals surface area contributed by atoms with Crippen LogP contribution in [-0.2, 0) is 0 Å². The van der Waals surface area contributed by atoms with Crippen LogP contribution in [0.5, 0.6) is 11.5 Å². The Morgan fingerprint density at radius 2 is 2.00 bits per heavy atom. The lowest BCUT2D eigenvalue weighted by Crippen LogP contribution is -2.01. The van der Waals surface area contributed by atoms with Gasteiger partial charge < -0.3 is 9.84 Å². The van der Waals surface area contributed by atoms with Crippen molar-refractivity contribution in [2.45, 2.75) is 6.92 Å². The Hall–Kier alpha value is -2.41. The summed E-state index contributed by atoms with van der Waals surface area (Å²) >= 11 is 3.23. The van der Waals surface area contributed by atoms with Crippen LogP contribution in [0, 0.1) is 17.0 Å². The van der Waals surface area contributed by atoms with Gasteiger partial charge in [0.15, 0.2) is 0 Å². The topological polar surface area (TPSA) is 89.7 Å². The number of carboxylic acids is 1. The maximum Gasteiger partial charge on any atom is 0.339 e. The van der Waals surface area contributed by atoms with Gasteiger partial charge in [0.25, 0.3) is 5.69 Å². The van der Waals surface area contributed by atoms with Crippen molar-refractivity contribution in [3.05, 3.63) is 62.1 Å². The zero-order valence-electron chi connectivity index (χ0n) is 10.9. The Labute approximate surface area is 128 Å². The maximum atomic E-state index is 11.2. The molecule has 2 rings (SSSR count). The summed E-state index contributed by atoms with van der Waals surface area (Å²) in [4.78, 5) is 21.6. The second-order valence-electron chi connectivity index (χ2n) is 4.21.